The zero-order valence-corrected chi connectivity index (χ0v) is 27.4. The predicted octanol–water partition coefficient (Wildman–Crippen LogP) is 6.30. The maximum absolute atomic E-state index is 14.2. The Labute approximate surface area is 269 Å². The van der Waals surface area contributed by atoms with E-state index in [1.54, 1.807) is 13.8 Å². The first kappa shape index (κ1) is 33.3. The number of aliphatic hydroxyl groups is 3. The van der Waals surface area contributed by atoms with Gasteiger partial charge in [-0.2, -0.15) is 0 Å². The fraction of sp³-hybridized carbons (Fsp3) is 0.474. The van der Waals surface area contributed by atoms with E-state index in [-0.39, 0.29) is 40.9 Å². The highest BCUT2D eigenvalue weighted by atomic mass is 16.3. The van der Waals surface area contributed by atoms with Gasteiger partial charge in [0.25, 0.3) is 0 Å². The molecule has 244 valence electrons. The Hall–Kier alpha value is -4.04. The van der Waals surface area contributed by atoms with Gasteiger partial charge in [-0.05, 0) is 79.0 Å². The average molecular weight is 629 g/mol. The van der Waals surface area contributed by atoms with Crippen molar-refractivity contribution in [3.8, 4) is 5.75 Å². The first-order valence-electron chi connectivity index (χ1n) is 16.3. The van der Waals surface area contributed by atoms with E-state index in [1.165, 1.54) is 0 Å². The second-order valence-electron chi connectivity index (χ2n) is 13.8. The third kappa shape index (κ3) is 5.20. The summed E-state index contributed by atoms with van der Waals surface area (Å²) in [6.45, 7) is 10.6. The number of carbonyl (C=O) groups is 4. The van der Waals surface area contributed by atoms with Crippen molar-refractivity contribution in [2.24, 2.45) is 23.7 Å². The molecule has 0 aliphatic heterocycles. The molecule has 0 spiro atoms. The summed E-state index contributed by atoms with van der Waals surface area (Å²) >= 11 is 0. The van der Waals surface area contributed by atoms with Crippen molar-refractivity contribution in [1.29, 1.82) is 0 Å². The Balaban J connectivity index is 1.55. The minimum atomic E-state index is -2.55. The summed E-state index contributed by atoms with van der Waals surface area (Å²) in [6, 6.07) is 9.49. The Kier molecular flexibility index (Phi) is 8.90. The molecule has 0 bridgehead atoms. The largest absolute Gasteiger partial charge is 0.508 e. The van der Waals surface area contributed by atoms with Gasteiger partial charge in [0.05, 0.1) is 5.56 Å². The summed E-state index contributed by atoms with van der Waals surface area (Å²) in [6.07, 6.45) is 2.76. The van der Waals surface area contributed by atoms with Gasteiger partial charge in [-0.25, -0.2) is 0 Å². The molecule has 4 atom stereocenters. The molecule has 0 radical (unpaired) electrons. The second kappa shape index (κ2) is 12.3. The van der Waals surface area contributed by atoms with Crippen LogP contribution in [0.5, 0.6) is 5.75 Å². The third-order valence-electron chi connectivity index (χ3n) is 10.3. The molecule has 1 fully saturated rings. The van der Waals surface area contributed by atoms with Gasteiger partial charge in [-0.1, -0.05) is 65.0 Å². The molecule has 8 nitrogen and oxygen atoms in total. The molecule has 3 aliphatic rings. The number of allylic oxidation sites excluding steroid dienone is 1. The number of hydrogen-bond acceptors (Lipinski definition) is 8. The molecule has 46 heavy (non-hydrogen) atoms. The Morgan fingerprint density at radius 2 is 1.65 bits per heavy atom. The summed E-state index contributed by atoms with van der Waals surface area (Å²) in [5.41, 5.74) is 0.962. The molecule has 2 aromatic rings. The molecule has 2 aromatic carbocycles. The maximum atomic E-state index is 14.2. The molecule has 1 saturated carbocycles. The second-order valence-corrected chi connectivity index (χ2v) is 13.8. The highest BCUT2D eigenvalue weighted by molar-refractivity contribution is 6.24. The van der Waals surface area contributed by atoms with E-state index in [2.05, 4.69) is 0 Å². The van der Waals surface area contributed by atoms with Crippen molar-refractivity contribution in [2.45, 2.75) is 91.6 Å². The topological polar surface area (TPSA) is 149 Å². The number of fused-ring (bicyclic) bond motifs is 3. The van der Waals surface area contributed by atoms with Crippen LogP contribution >= 0.6 is 0 Å². The van der Waals surface area contributed by atoms with Gasteiger partial charge in [0.1, 0.15) is 22.8 Å². The molecule has 3 unspecified atom stereocenters. The van der Waals surface area contributed by atoms with Crippen molar-refractivity contribution in [1.82, 2.24) is 0 Å². The van der Waals surface area contributed by atoms with Crippen LogP contribution in [0.4, 0.5) is 0 Å². The number of hydrogen-bond donors (Lipinski definition) is 4. The van der Waals surface area contributed by atoms with Crippen LogP contribution in [0, 0.1) is 23.7 Å². The summed E-state index contributed by atoms with van der Waals surface area (Å²) < 4.78 is 0. The van der Waals surface area contributed by atoms with Gasteiger partial charge >= 0.3 is 0 Å². The van der Waals surface area contributed by atoms with E-state index in [0.29, 0.717) is 43.2 Å². The molecule has 5 rings (SSSR count). The Bertz CT molecular complexity index is 1690. The average Bonchev–Trinajstić information content (AvgIpc) is 2.99. The molecule has 8 heteroatoms. The monoisotopic (exact) mass is 628 g/mol. The van der Waals surface area contributed by atoms with Crippen molar-refractivity contribution in [3.63, 3.8) is 0 Å². The normalized spacial score (nSPS) is 24.3. The van der Waals surface area contributed by atoms with Crippen molar-refractivity contribution in [3.05, 3.63) is 80.6 Å². The predicted molar refractivity (Wildman–Crippen MR) is 174 cm³/mol. The highest BCUT2D eigenvalue weighted by Gasteiger charge is 2.63. The first-order chi connectivity index (χ1) is 21.6. The van der Waals surface area contributed by atoms with E-state index in [0.717, 1.165) is 23.6 Å². The molecular weight excluding hydrogens is 584 g/mol. The van der Waals surface area contributed by atoms with Gasteiger partial charge in [0, 0.05) is 29.4 Å². The van der Waals surface area contributed by atoms with Gasteiger partial charge in [-0.3, -0.25) is 19.2 Å². The molecule has 0 aromatic heterocycles. The number of ketones is 4. The molecule has 4 N–H and O–H groups in total. The zero-order valence-electron chi connectivity index (χ0n) is 27.4. The minimum Gasteiger partial charge on any atom is -0.508 e. The Morgan fingerprint density at radius 1 is 1.00 bits per heavy atom. The summed E-state index contributed by atoms with van der Waals surface area (Å²) in [5.74, 6) is -6.39. The van der Waals surface area contributed by atoms with Crippen LogP contribution in [-0.4, -0.2) is 49.2 Å². The third-order valence-corrected chi connectivity index (χ3v) is 10.3. The number of aromatic hydroxyl groups is 1. The highest BCUT2D eigenvalue weighted by Crippen LogP contribution is 2.55. The van der Waals surface area contributed by atoms with Gasteiger partial charge in [0.15, 0.2) is 23.0 Å². The number of aryl methyl sites for hydroxylation is 2. The number of rotatable bonds is 9. The molecule has 0 heterocycles. The van der Waals surface area contributed by atoms with E-state index in [1.807, 2.05) is 51.1 Å². The lowest BCUT2D eigenvalue weighted by Gasteiger charge is -2.50. The lowest BCUT2D eigenvalue weighted by atomic mass is 9.54. The van der Waals surface area contributed by atoms with Crippen LogP contribution in [0.25, 0.3) is 5.76 Å². The van der Waals surface area contributed by atoms with Gasteiger partial charge < -0.3 is 20.4 Å². The van der Waals surface area contributed by atoms with Crippen LogP contribution in [0.2, 0.25) is 0 Å². The van der Waals surface area contributed by atoms with E-state index in [4.69, 9.17) is 0 Å². The molecular formula is C38H44O8. The number of phenolic OH excluding ortho intramolecular Hbond substituents is 1. The van der Waals surface area contributed by atoms with Gasteiger partial charge in [0.2, 0.25) is 5.78 Å². The van der Waals surface area contributed by atoms with Crippen molar-refractivity contribution < 1.29 is 39.6 Å². The summed E-state index contributed by atoms with van der Waals surface area (Å²) in [5, 5.41) is 46.4. The number of phenols is 1. The number of Topliss-reactive ketones (excluding diaryl/α,β-unsaturated/α-hetero) is 4. The quantitative estimate of drug-likeness (QED) is 0.187. The molecule has 3 aliphatic carbocycles. The van der Waals surface area contributed by atoms with E-state index in [9.17, 15) is 39.6 Å². The SMILES string of the molecule is CCC(=O)c1ccc(CCCc2cc(C(C)C)c3c(c2O)C(O)=C2C(=O)[C@@]4(O)C(O)=C(C(C)=O)C(=O)C(C(C)C)C4CC2C3)cc1. The van der Waals surface area contributed by atoms with Crippen LogP contribution in [-0.2, 0) is 33.6 Å². The fourth-order valence-corrected chi connectivity index (χ4v) is 7.99. The molecule has 0 amide bonds. The van der Waals surface area contributed by atoms with Crippen molar-refractivity contribution >= 4 is 28.9 Å². The van der Waals surface area contributed by atoms with E-state index < -0.39 is 57.8 Å². The van der Waals surface area contributed by atoms with Crippen molar-refractivity contribution in [2.75, 3.05) is 0 Å². The smallest absolute Gasteiger partial charge is 0.202 e. The Morgan fingerprint density at radius 3 is 2.22 bits per heavy atom. The summed E-state index contributed by atoms with van der Waals surface area (Å²) in [7, 11) is 0. The lowest BCUT2D eigenvalue weighted by molar-refractivity contribution is -0.155. The zero-order chi connectivity index (χ0) is 33.8. The summed E-state index contributed by atoms with van der Waals surface area (Å²) in [4.78, 5) is 52.1. The number of carbonyl (C=O) groups excluding carboxylic acids is 4. The fourth-order valence-electron chi connectivity index (χ4n) is 7.99. The lowest BCUT2D eigenvalue weighted by Crippen LogP contribution is -2.61. The van der Waals surface area contributed by atoms with Crippen LogP contribution in [0.1, 0.15) is 105 Å². The van der Waals surface area contributed by atoms with E-state index >= 15 is 0 Å². The molecule has 0 saturated heterocycles. The number of benzene rings is 2. The minimum absolute atomic E-state index is 0.0343. The maximum Gasteiger partial charge on any atom is 0.202 e. The van der Waals surface area contributed by atoms with Crippen LogP contribution in [0.15, 0.2) is 47.2 Å². The first-order valence-corrected chi connectivity index (χ1v) is 16.3. The number of aliphatic hydroxyl groups excluding tert-OH is 2. The van der Waals surface area contributed by atoms with Gasteiger partial charge in [-0.15, -0.1) is 0 Å². The van der Waals surface area contributed by atoms with Crippen LogP contribution < -0.4 is 0 Å². The standard InChI is InChI=1S/C38H44O8/c1-7-28(40)22-13-11-21(12-14-22)9-8-10-23-15-25(18(2)3)26-16-24-17-27-29(19(4)5)34(42)30(20(6)39)36(44)38(27,46)37(45)31(24)35(43)32(26)33(23)41/h11-15,18-19,24,27,29,41,43-44,46H,7-10,16-17H2,1-6H3/t24?,27?,29?,38-/m0/s1. The van der Waals surface area contributed by atoms with Crippen LogP contribution in [0.3, 0.4) is 0 Å².